The summed E-state index contributed by atoms with van der Waals surface area (Å²) in [5.41, 5.74) is 8.04. The van der Waals surface area contributed by atoms with Crippen LogP contribution in [0.4, 0.5) is 17.2 Å². The quantitative estimate of drug-likeness (QED) is 0.528. The monoisotopic (exact) mass is 394 g/mol. The summed E-state index contributed by atoms with van der Waals surface area (Å²) in [6.45, 7) is 0. The highest BCUT2D eigenvalue weighted by Gasteiger charge is 2.07. The average molecular weight is 395 g/mol. The summed E-state index contributed by atoms with van der Waals surface area (Å²) in [5.74, 6) is 0.333. The molecule has 2 N–H and O–H groups in total. The number of anilines is 1. The van der Waals surface area contributed by atoms with Crippen molar-refractivity contribution in [3.05, 3.63) is 59.5 Å². The molecule has 2 aromatic carbocycles. The molecular weight excluding hydrogens is 384 g/mol. The van der Waals surface area contributed by atoms with Gasteiger partial charge in [-0.2, -0.15) is 5.11 Å². The highest BCUT2D eigenvalue weighted by molar-refractivity contribution is 9.10. The van der Waals surface area contributed by atoms with E-state index in [1.807, 2.05) is 42.5 Å². The van der Waals surface area contributed by atoms with Crippen LogP contribution in [0.15, 0.2) is 69.7 Å². The highest BCUT2D eigenvalue weighted by Crippen LogP contribution is 2.33. The molecule has 0 saturated carbocycles. The number of pyridine rings is 1. The highest BCUT2D eigenvalue weighted by atomic mass is 79.9. The Morgan fingerprint density at radius 1 is 1.04 bits per heavy atom. The number of nitrogen functional groups attached to an aromatic ring is 1. The third kappa shape index (κ3) is 3.09. The molecular formula is C16H11BrN8. The maximum absolute atomic E-state index is 5.98. The van der Waals surface area contributed by atoms with Crippen molar-refractivity contribution in [2.24, 2.45) is 10.2 Å². The SMILES string of the molecule is Nc1ncc2ccc(Br)cc2c1N=Nc1ccc(-n2cnnn2)cc1. The topological polar surface area (TPSA) is 107 Å². The molecule has 0 saturated heterocycles. The number of halogens is 1. The minimum atomic E-state index is 0.333. The van der Waals surface area contributed by atoms with Crippen molar-refractivity contribution >= 4 is 43.9 Å². The lowest BCUT2D eigenvalue weighted by atomic mass is 10.1. The number of azo groups is 1. The maximum Gasteiger partial charge on any atom is 0.151 e. The van der Waals surface area contributed by atoms with Gasteiger partial charge in [0.25, 0.3) is 0 Å². The molecule has 0 unspecified atom stereocenters. The number of hydrogen-bond donors (Lipinski definition) is 1. The van der Waals surface area contributed by atoms with E-state index in [2.05, 4.69) is 46.7 Å². The van der Waals surface area contributed by atoms with Crippen molar-refractivity contribution in [3.63, 3.8) is 0 Å². The van der Waals surface area contributed by atoms with Gasteiger partial charge in [-0.15, -0.1) is 10.2 Å². The Morgan fingerprint density at radius 3 is 2.64 bits per heavy atom. The van der Waals surface area contributed by atoms with Crippen LogP contribution in [0.1, 0.15) is 0 Å². The van der Waals surface area contributed by atoms with E-state index >= 15 is 0 Å². The van der Waals surface area contributed by atoms with Crippen molar-refractivity contribution in [2.45, 2.75) is 0 Å². The van der Waals surface area contributed by atoms with Crippen LogP contribution in [0.25, 0.3) is 16.5 Å². The molecule has 4 aromatic rings. The lowest BCUT2D eigenvalue weighted by molar-refractivity contribution is 0.789. The Kier molecular flexibility index (Phi) is 3.90. The number of tetrazole rings is 1. The minimum absolute atomic E-state index is 0.333. The fraction of sp³-hybridized carbons (Fsp3) is 0. The zero-order valence-corrected chi connectivity index (χ0v) is 14.4. The first-order valence-corrected chi connectivity index (χ1v) is 8.09. The van der Waals surface area contributed by atoms with Gasteiger partial charge in [-0.05, 0) is 46.8 Å². The summed E-state index contributed by atoms with van der Waals surface area (Å²) >= 11 is 3.46. The van der Waals surface area contributed by atoms with Gasteiger partial charge in [0.15, 0.2) is 5.82 Å². The lowest BCUT2D eigenvalue weighted by Crippen LogP contribution is -1.93. The Morgan fingerprint density at radius 2 is 1.88 bits per heavy atom. The lowest BCUT2D eigenvalue weighted by Gasteiger charge is -2.04. The minimum Gasteiger partial charge on any atom is -0.382 e. The molecule has 0 aliphatic rings. The Balaban J connectivity index is 1.69. The second-order valence-corrected chi connectivity index (χ2v) is 6.11. The molecule has 9 heteroatoms. The van der Waals surface area contributed by atoms with E-state index in [0.29, 0.717) is 17.2 Å². The fourth-order valence-electron chi connectivity index (χ4n) is 2.35. The van der Waals surface area contributed by atoms with E-state index in [9.17, 15) is 0 Å². The third-order valence-corrected chi connectivity index (χ3v) is 4.08. The average Bonchev–Trinajstić information content (AvgIpc) is 3.16. The van der Waals surface area contributed by atoms with E-state index in [1.165, 1.54) is 6.33 Å². The molecule has 2 aromatic heterocycles. The van der Waals surface area contributed by atoms with Crippen molar-refractivity contribution in [1.82, 2.24) is 25.2 Å². The van der Waals surface area contributed by atoms with Gasteiger partial charge >= 0.3 is 0 Å². The summed E-state index contributed by atoms with van der Waals surface area (Å²) in [6, 6.07) is 13.2. The van der Waals surface area contributed by atoms with Gasteiger partial charge in [0.2, 0.25) is 0 Å². The Hall–Kier alpha value is -3.20. The number of benzene rings is 2. The van der Waals surface area contributed by atoms with Gasteiger partial charge in [-0.1, -0.05) is 22.0 Å². The smallest absolute Gasteiger partial charge is 0.151 e. The molecule has 0 aliphatic heterocycles. The summed E-state index contributed by atoms with van der Waals surface area (Å²) < 4.78 is 2.50. The molecule has 0 spiro atoms. The van der Waals surface area contributed by atoms with Crippen molar-refractivity contribution in [2.75, 3.05) is 5.73 Å². The van der Waals surface area contributed by atoms with Crippen LogP contribution in [0.2, 0.25) is 0 Å². The molecule has 4 rings (SSSR count). The summed E-state index contributed by atoms with van der Waals surface area (Å²) in [5, 5.41) is 21.5. The Labute approximate surface area is 150 Å². The van der Waals surface area contributed by atoms with Gasteiger partial charge < -0.3 is 5.73 Å². The second kappa shape index (κ2) is 6.36. The van der Waals surface area contributed by atoms with E-state index in [0.717, 1.165) is 20.9 Å². The van der Waals surface area contributed by atoms with E-state index in [1.54, 1.807) is 10.9 Å². The standard InChI is InChI=1S/C16H11BrN8/c17-11-2-1-10-8-19-16(18)15(14(10)7-11)22-21-12-3-5-13(6-4-12)25-9-20-23-24-25/h1-9H,(H2,18,19). The molecule has 0 amide bonds. The van der Waals surface area contributed by atoms with Crippen molar-refractivity contribution < 1.29 is 0 Å². The number of fused-ring (bicyclic) bond motifs is 1. The van der Waals surface area contributed by atoms with Gasteiger partial charge in [0.05, 0.1) is 11.4 Å². The number of aromatic nitrogens is 5. The first-order chi connectivity index (χ1) is 12.2. The Bertz CT molecular complexity index is 1050. The van der Waals surface area contributed by atoms with Gasteiger partial charge in [-0.3, -0.25) is 0 Å². The van der Waals surface area contributed by atoms with E-state index < -0.39 is 0 Å². The van der Waals surface area contributed by atoms with Gasteiger partial charge in [0, 0.05) is 21.4 Å². The first-order valence-electron chi connectivity index (χ1n) is 7.29. The summed E-state index contributed by atoms with van der Waals surface area (Å²) in [6.07, 6.45) is 3.24. The van der Waals surface area contributed by atoms with Crippen LogP contribution in [0, 0.1) is 0 Å². The summed E-state index contributed by atoms with van der Waals surface area (Å²) in [7, 11) is 0. The predicted octanol–water partition coefficient (Wildman–Crippen LogP) is 3.97. The molecule has 25 heavy (non-hydrogen) atoms. The van der Waals surface area contributed by atoms with Crippen LogP contribution in [0.3, 0.4) is 0 Å². The molecule has 0 aliphatic carbocycles. The number of hydrogen-bond acceptors (Lipinski definition) is 7. The molecule has 8 nitrogen and oxygen atoms in total. The second-order valence-electron chi connectivity index (χ2n) is 5.19. The van der Waals surface area contributed by atoms with E-state index in [4.69, 9.17) is 5.73 Å². The fourth-order valence-corrected chi connectivity index (χ4v) is 2.71. The molecule has 2 heterocycles. The molecule has 122 valence electrons. The van der Waals surface area contributed by atoms with Crippen molar-refractivity contribution in [1.29, 1.82) is 0 Å². The van der Waals surface area contributed by atoms with Crippen LogP contribution in [-0.2, 0) is 0 Å². The normalized spacial score (nSPS) is 11.4. The molecule has 0 fully saturated rings. The van der Waals surface area contributed by atoms with Crippen LogP contribution >= 0.6 is 15.9 Å². The zero-order chi connectivity index (χ0) is 17.2. The predicted molar refractivity (Wildman–Crippen MR) is 97.2 cm³/mol. The number of nitrogens with two attached hydrogens (primary N) is 1. The maximum atomic E-state index is 5.98. The molecule has 0 radical (unpaired) electrons. The molecule has 0 bridgehead atoms. The summed E-state index contributed by atoms with van der Waals surface area (Å²) in [4.78, 5) is 4.18. The van der Waals surface area contributed by atoms with E-state index in [-0.39, 0.29) is 0 Å². The van der Waals surface area contributed by atoms with Gasteiger partial charge in [-0.25, -0.2) is 9.67 Å². The van der Waals surface area contributed by atoms with Crippen molar-refractivity contribution in [3.8, 4) is 5.69 Å². The third-order valence-electron chi connectivity index (χ3n) is 3.58. The van der Waals surface area contributed by atoms with Crippen LogP contribution in [-0.4, -0.2) is 25.2 Å². The largest absolute Gasteiger partial charge is 0.382 e. The van der Waals surface area contributed by atoms with Crippen LogP contribution < -0.4 is 5.73 Å². The van der Waals surface area contributed by atoms with Crippen LogP contribution in [0.5, 0.6) is 0 Å². The zero-order valence-electron chi connectivity index (χ0n) is 12.8. The number of rotatable bonds is 3. The number of nitrogens with zero attached hydrogens (tertiary/aromatic N) is 7. The van der Waals surface area contributed by atoms with Gasteiger partial charge in [0.1, 0.15) is 12.0 Å². The molecule has 0 atom stereocenters. The first kappa shape index (κ1) is 15.3.